The highest BCUT2D eigenvalue weighted by atomic mass is 16.2. The smallest absolute Gasteiger partial charge is 0.316 e. The third-order valence-corrected chi connectivity index (χ3v) is 2.09. The molecule has 1 N–H and O–H groups in total. The molecule has 1 heterocycles. The topological polar surface area (TPSA) is 32.1 Å². The third kappa shape index (κ3) is 1.13. The van der Waals surface area contributed by atoms with Gasteiger partial charge in [-0.1, -0.05) is 12.1 Å². The van der Waals surface area contributed by atoms with E-state index in [2.05, 4.69) is 5.32 Å². The summed E-state index contributed by atoms with van der Waals surface area (Å²) in [6.07, 6.45) is 0. The van der Waals surface area contributed by atoms with Gasteiger partial charge in [0.1, 0.15) is 14.1 Å². The van der Waals surface area contributed by atoms with Crippen LogP contribution in [0.3, 0.4) is 0 Å². The summed E-state index contributed by atoms with van der Waals surface area (Å²) >= 11 is 0. The van der Waals surface area contributed by atoms with Crippen molar-refractivity contribution in [2.45, 2.75) is 0 Å². The molecule has 1 amide bonds. The molecule has 0 saturated heterocycles. The Kier molecular flexibility index (Phi) is 1.65. The van der Waals surface area contributed by atoms with Crippen LogP contribution in [0.25, 0.3) is 0 Å². The van der Waals surface area contributed by atoms with Crippen LogP contribution in [-0.4, -0.2) is 30.3 Å². The maximum atomic E-state index is 11.5. The van der Waals surface area contributed by atoms with Gasteiger partial charge in [-0.2, -0.15) is 0 Å². The van der Waals surface area contributed by atoms with Crippen LogP contribution < -0.4 is 5.32 Å². The lowest BCUT2D eigenvalue weighted by Gasteiger charge is -1.93. The number of anilines is 1. The highest BCUT2D eigenvalue weighted by Gasteiger charge is 2.31. The molecule has 0 fully saturated rings. The average Bonchev–Trinajstić information content (AvgIpc) is 2.39. The van der Waals surface area contributed by atoms with Gasteiger partial charge in [-0.25, -0.2) is 4.58 Å². The van der Waals surface area contributed by atoms with Crippen molar-refractivity contribution in [1.82, 2.24) is 0 Å². The first kappa shape index (κ1) is 7.98. The SMILES string of the molecule is C[N+](C)=C1C(=O)Nc2ccccc21. The summed E-state index contributed by atoms with van der Waals surface area (Å²) in [5.74, 6) is -0.0220. The fourth-order valence-corrected chi connectivity index (χ4v) is 1.55. The number of fused-ring (bicyclic) bond motifs is 1. The molecule has 0 radical (unpaired) electrons. The maximum absolute atomic E-state index is 11.5. The highest BCUT2D eigenvalue weighted by Crippen LogP contribution is 2.21. The van der Waals surface area contributed by atoms with Crippen LogP contribution in [0.2, 0.25) is 0 Å². The molecule has 1 aromatic carbocycles. The van der Waals surface area contributed by atoms with Crippen molar-refractivity contribution >= 4 is 17.3 Å². The van der Waals surface area contributed by atoms with E-state index in [1.165, 1.54) is 0 Å². The Morgan fingerprint density at radius 2 is 1.92 bits per heavy atom. The third-order valence-electron chi connectivity index (χ3n) is 2.09. The summed E-state index contributed by atoms with van der Waals surface area (Å²) in [7, 11) is 3.74. The number of amides is 1. The van der Waals surface area contributed by atoms with Crippen LogP contribution in [0.15, 0.2) is 24.3 Å². The molecule has 13 heavy (non-hydrogen) atoms. The first-order chi connectivity index (χ1) is 6.20. The van der Waals surface area contributed by atoms with E-state index in [0.29, 0.717) is 0 Å². The second-order valence-electron chi connectivity index (χ2n) is 3.24. The van der Waals surface area contributed by atoms with Crippen molar-refractivity contribution in [2.24, 2.45) is 0 Å². The number of carbonyl (C=O) groups excluding carboxylic acids is 1. The first-order valence-electron chi connectivity index (χ1n) is 4.15. The van der Waals surface area contributed by atoms with E-state index in [0.717, 1.165) is 17.0 Å². The number of rotatable bonds is 0. The van der Waals surface area contributed by atoms with Crippen LogP contribution in [0.4, 0.5) is 5.69 Å². The molecular weight excluding hydrogens is 164 g/mol. The van der Waals surface area contributed by atoms with E-state index >= 15 is 0 Å². The van der Waals surface area contributed by atoms with Gasteiger partial charge in [0.15, 0.2) is 0 Å². The zero-order valence-corrected chi connectivity index (χ0v) is 7.66. The summed E-state index contributed by atoms with van der Waals surface area (Å²) in [5, 5.41) is 2.81. The largest absolute Gasteiger partial charge is 0.320 e. The van der Waals surface area contributed by atoms with Gasteiger partial charge >= 0.3 is 5.91 Å². The average molecular weight is 175 g/mol. The van der Waals surface area contributed by atoms with Crippen LogP contribution in [0.5, 0.6) is 0 Å². The number of hydrogen-bond donors (Lipinski definition) is 1. The Bertz CT molecular complexity index is 403. The molecule has 3 nitrogen and oxygen atoms in total. The lowest BCUT2D eigenvalue weighted by Crippen LogP contribution is -2.23. The molecule has 0 aromatic heterocycles. The van der Waals surface area contributed by atoms with Crippen molar-refractivity contribution in [3.63, 3.8) is 0 Å². The Labute approximate surface area is 76.7 Å². The number of para-hydroxylation sites is 1. The Balaban J connectivity index is 2.67. The molecule has 2 rings (SSSR count). The number of nitrogens with one attached hydrogen (secondary N) is 1. The van der Waals surface area contributed by atoms with Crippen molar-refractivity contribution in [3.8, 4) is 0 Å². The molecule has 66 valence electrons. The van der Waals surface area contributed by atoms with Gasteiger partial charge in [0.2, 0.25) is 0 Å². The molecule has 3 heteroatoms. The number of carbonyl (C=O) groups is 1. The lowest BCUT2D eigenvalue weighted by atomic mass is 10.1. The van der Waals surface area contributed by atoms with Crippen molar-refractivity contribution in [3.05, 3.63) is 29.8 Å². The van der Waals surface area contributed by atoms with Crippen molar-refractivity contribution in [2.75, 3.05) is 19.4 Å². The summed E-state index contributed by atoms with van der Waals surface area (Å²) in [6.45, 7) is 0. The molecule has 0 unspecified atom stereocenters. The summed E-state index contributed by atoms with van der Waals surface area (Å²) < 4.78 is 1.83. The van der Waals surface area contributed by atoms with Gasteiger partial charge in [0.05, 0.1) is 11.3 Å². The number of hydrogen-bond acceptors (Lipinski definition) is 1. The van der Waals surface area contributed by atoms with Crippen LogP contribution in [0, 0.1) is 0 Å². The zero-order valence-electron chi connectivity index (χ0n) is 7.66. The molecule has 0 spiro atoms. The molecule has 0 aliphatic carbocycles. The van der Waals surface area contributed by atoms with Crippen molar-refractivity contribution in [1.29, 1.82) is 0 Å². The fraction of sp³-hybridized carbons (Fsp3) is 0.200. The summed E-state index contributed by atoms with van der Waals surface area (Å²) in [5.41, 5.74) is 2.62. The molecule has 1 aromatic rings. The molecule has 0 saturated carbocycles. The minimum Gasteiger partial charge on any atom is -0.316 e. The van der Waals surface area contributed by atoms with E-state index in [1.807, 2.05) is 42.9 Å². The zero-order chi connectivity index (χ0) is 9.42. The molecule has 1 aliphatic rings. The van der Waals surface area contributed by atoms with Gasteiger partial charge in [-0.05, 0) is 12.1 Å². The predicted molar refractivity (Wildman–Crippen MR) is 51.3 cm³/mol. The monoisotopic (exact) mass is 175 g/mol. The van der Waals surface area contributed by atoms with E-state index in [4.69, 9.17) is 0 Å². The minimum atomic E-state index is -0.0220. The molecule has 0 atom stereocenters. The van der Waals surface area contributed by atoms with Crippen LogP contribution in [0.1, 0.15) is 5.56 Å². The first-order valence-corrected chi connectivity index (χ1v) is 4.15. The quantitative estimate of drug-likeness (QED) is 0.578. The van der Waals surface area contributed by atoms with Crippen molar-refractivity contribution < 1.29 is 9.37 Å². The van der Waals surface area contributed by atoms with E-state index in [9.17, 15) is 4.79 Å². The summed E-state index contributed by atoms with van der Waals surface area (Å²) in [4.78, 5) is 11.5. The van der Waals surface area contributed by atoms with Crippen LogP contribution in [-0.2, 0) is 4.79 Å². The fourth-order valence-electron chi connectivity index (χ4n) is 1.55. The second-order valence-corrected chi connectivity index (χ2v) is 3.24. The van der Waals surface area contributed by atoms with Gasteiger partial charge in [-0.15, -0.1) is 0 Å². The van der Waals surface area contributed by atoms with E-state index in [1.54, 1.807) is 0 Å². The molecule has 1 aliphatic heterocycles. The molecular formula is C10H11N2O+. The van der Waals surface area contributed by atoms with E-state index in [-0.39, 0.29) is 5.91 Å². The van der Waals surface area contributed by atoms with E-state index < -0.39 is 0 Å². The lowest BCUT2D eigenvalue weighted by molar-refractivity contribution is -0.462. The second kappa shape index (κ2) is 2.69. The standard InChI is InChI=1S/C10H10N2O/c1-12(2)9-7-5-3-4-6-8(7)11-10(9)13/h3-6H,1-2H3/p+1. The number of nitrogens with zero attached hydrogens (tertiary/aromatic N) is 1. The Morgan fingerprint density at radius 1 is 1.23 bits per heavy atom. The van der Waals surface area contributed by atoms with Gasteiger partial charge in [-0.3, -0.25) is 4.79 Å². The minimum absolute atomic E-state index is 0.0220. The number of benzene rings is 1. The Hall–Kier alpha value is -1.64. The maximum Gasteiger partial charge on any atom is 0.320 e. The highest BCUT2D eigenvalue weighted by molar-refractivity contribution is 6.51. The van der Waals surface area contributed by atoms with Gasteiger partial charge in [0.25, 0.3) is 5.71 Å². The Morgan fingerprint density at radius 3 is 2.62 bits per heavy atom. The van der Waals surface area contributed by atoms with Crippen LogP contribution >= 0.6 is 0 Å². The predicted octanol–water partition coefficient (Wildman–Crippen LogP) is 0.700. The van der Waals surface area contributed by atoms with Gasteiger partial charge in [0, 0.05) is 0 Å². The molecule has 0 bridgehead atoms. The van der Waals surface area contributed by atoms with Gasteiger partial charge < -0.3 is 5.32 Å². The summed E-state index contributed by atoms with van der Waals surface area (Å²) in [6, 6.07) is 7.70. The normalized spacial score (nSPS) is 14.0.